The van der Waals surface area contributed by atoms with Crippen molar-refractivity contribution in [3.05, 3.63) is 18.2 Å². The first-order valence-electron chi connectivity index (χ1n) is 5.20. The van der Waals surface area contributed by atoms with E-state index < -0.39 is 18.1 Å². The van der Waals surface area contributed by atoms with Crippen LogP contribution in [-0.4, -0.2) is 37.9 Å². The molecule has 0 radical (unpaired) electrons. The van der Waals surface area contributed by atoms with Gasteiger partial charge in [-0.15, -0.1) is 0 Å². The summed E-state index contributed by atoms with van der Waals surface area (Å²) in [5, 5.41) is 19.5. The van der Waals surface area contributed by atoms with E-state index in [1.165, 1.54) is 12.5 Å². The fourth-order valence-corrected chi connectivity index (χ4v) is 2.17. The SMILES string of the molecule is C[C@@H]1C[C@@H](n2cnc(C(N)=O)c2)[C@H](O)[C@H]1O. The second kappa shape index (κ2) is 3.88. The number of carbonyl (C=O) groups excluding carboxylic acids is 1. The number of nitrogens with two attached hydrogens (primary N) is 1. The topological polar surface area (TPSA) is 101 Å². The van der Waals surface area contributed by atoms with Gasteiger partial charge in [-0.1, -0.05) is 6.92 Å². The van der Waals surface area contributed by atoms with Gasteiger partial charge in [-0.2, -0.15) is 0 Å². The van der Waals surface area contributed by atoms with Crippen LogP contribution in [0.25, 0.3) is 0 Å². The Labute approximate surface area is 92.7 Å². The van der Waals surface area contributed by atoms with Gasteiger partial charge in [0.1, 0.15) is 11.8 Å². The number of carbonyl (C=O) groups is 1. The van der Waals surface area contributed by atoms with E-state index in [9.17, 15) is 15.0 Å². The Kier molecular flexibility index (Phi) is 2.69. The number of nitrogens with zero attached hydrogens (tertiary/aromatic N) is 2. The van der Waals surface area contributed by atoms with Gasteiger partial charge in [0, 0.05) is 6.20 Å². The van der Waals surface area contributed by atoms with Crippen LogP contribution in [0.2, 0.25) is 0 Å². The number of aromatic nitrogens is 2. The standard InChI is InChI=1S/C10H15N3O3/c1-5-2-7(9(15)8(5)14)13-3-6(10(11)16)12-4-13/h3-5,7-9,14-15H,2H2,1H3,(H2,11,16)/t5-,7-,8+,9+/m1/s1. The Bertz CT molecular complexity index is 404. The van der Waals surface area contributed by atoms with Gasteiger partial charge in [-0.3, -0.25) is 4.79 Å². The van der Waals surface area contributed by atoms with Crippen LogP contribution >= 0.6 is 0 Å². The van der Waals surface area contributed by atoms with Crippen LogP contribution in [0.15, 0.2) is 12.5 Å². The van der Waals surface area contributed by atoms with Crippen molar-refractivity contribution >= 4 is 5.91 Å². The maximum atomic E-state index is 10.9. The Balaban J connectivity index is 2.21. The van der Waals surface area contributed by atoms with E-state index >= 15 is 0 Å². The van der Waals surface area contributed by atoms with E-state index in [-0.39, 0.29) is 17.7 Å². The van der Waals surface area contributed by atoms with Crippen molar-refractivity contribution in [2.45, 2.75) is 31.6 Å². The third-order valence-electron chi connectivity index (χ3n) is 3.18. The molecule has 4 atom stereocenters. The molecule has 6 heteroatoms. The Morgan fingerprint density at radius 3 is 2.69 bits per heavy atom. The van der Waals surface area contributed by atoms with Gasteiger partial charge in [-0.05, 0) is 12.3 Å². The number of imidazole rings is 1. The van der Waals surface area contributed by atoms with Gasteiger partial charge < -0.3 is 20.5 Å². The third-order valence-corrected chi connectivity index (χ3v) is 3.18. The van der Waals surface area contributed by atoms with E-state index in [0.29, 0.717) is 6.42 Å². The van der Waals surface area contributed by atoms with Crippen LogP contribution in [0, 0.1) is 5.92 Å². The number of rotatable bonds is 2. The molecule has 6 nitrogen and oxygen atoms in total. The lowest BCUT2D eigenvalue weighted by Gasteiger charge is -2.17. The summed E-state index contributed by atoms with van der Waals surface area (Å²) in [6.07, 6.45) is 2.05. The Hall–Kier alpha value is -1.40. The third kappa shape index (κ3) is 1.70. The maximum Gasteiger partial charge on any atom is 0.268 e. The van der Waals surface area contributed by atoms with Crippen molar-refractivity contribution in [2.24, 2.45) is 11.7 Å². The Morgan fingerprint density at radius 1 is 1.56 bits per heavy atom. The number of hydrogen-bond acceptors (Lipinski definition) is 4. The van der Waals surface area contributed by atoms with Crippen molar-refractivity contribution in [1.29, 1.82) is 0 Å². The van der Waals surface area contributed by atoms with E-state index in [4.69, 9.17) is 5.73 Å². The summed E-state index contributed by atoms with van der Waals surface area (Å²) in [6, 6.07) is -0.245. The predicted molar refractivity (Wildman–Crippen MR) is 55.6 cm³/mol. The number of aliphatic hydroxyl groups excluding tert-OH is 2. The highest BCUT2D eigenvalue weighted by Crippen LogP contribution is 2.34. The number of hydrogen-bond donors (Lipinski definition) is 3. The highest BCUT2D eigenvalue weighted by atomic mass is 16.3. The Morgan fingerprint density at radius 2 is 2.25 bits per heavy atom. The molecule has 1 aliphatic rings. The number of amides is 1. The summed E-state index contributed by atoms with van der Waals surface area (Å²) < 4.78 is 1.64. The molecule has 2 rings (SSSR count). The van der Waals surface area contributed by atoms with E-state index in [1.807, 2.05) is 6.92 Å². The van der Waals surface area contributed by atoms with Crippen molar-refractivity contribution in [2.75, 3.05) is 0 Å². The lowest BCUT2D eigenvalue weighted by Crippen LogP contribution is -2.28. The summed E-state index contributed by atoms with van der Waals surface area (Å²) in [7, 11) is 0. The molecule has 1 aromatic heterocycles. The van der Waals surface area contributed by atoms with Gasteiger partial charge >= 0.3 is 0 Å². The van der Waals surface area contributed by atoms with E-state index in [1.54, 1.807) is 4.57 Å². The molecule has 1 aromatic rings. The quantitative estimate of drug-likeness (QED) is 0.618. The van der Waals surface area contributed by atoms with E-state index in [2.05, 4.69) is 4.98 Å². The molecule has 0 saturated heterocycles. The monoisotopic (exact) mass is 225 g/mol. The molecular formula is C10H15N3O3. The average Bonchev–Trinajstić information content (AvgIpc) is 2.79. The average molecular weight is 225 g/mol. The lowest BCUT2D eigenvalue weighted by molar-refractivity contribution is 0.00914. The van der Waals surface area contributed by atoms with Crippen LogP contribution in [0.5, 0.6) is 0 Å². The maximum absolute atomic E-state index is 10.9. The molecule has 4 N–H and O–H groups in total. The molecule has 0 unspecified atom stereocenters. The van der Waals surface area contributed by atoms with Crippen LogP contribution in [0.1, 0.15) is 29.9 Å². The molecule has 88 valence electrons. The van der Waals surface area contributed by atoms with Gasteiger partial charge in [0.05, 0.1) is 18.5 Å². The molecule has 1 heterocycles. The van der Waals surface area contributed by atoms with Crippen LogP contribution in [0.3, 0.4) is 0 Å². The van der Waals surface area contributed by atoms with Gasteiger partial charge in [0.25, 0.3) is 5.91 Å². The van der Waals surface area contributed by atoms with Crippen molar-refractivity contribution < 1.29 is 15.0 Å². The summed E-state index contributed by atoms with van der Waals surface area (Å²) in [5.74, 6) is -0.570. The van der Waals surface area contributed by atoms with Crippen molar-refractivity contribution in [1.82, 2.24) is 9.55 Å². The largest absolute Gasteiger partial charge is 0.390 e. The molecule has 16 heavy (non-hydrogen) atoms. The van der Waals surface area contributed by atoms with Crippen LogP contribution < -0.4 is 5.73 Å². The molecular weight excluding hydrogens is 210 g/mol. The summed E-state index contributed by atoms with van der Waals surface area (Å²) >= 11 is 0. The van der Waals surface area contributed by atoms with Gasteiger partial charge in [-0.25, -0.2) is 4.98 Å². The number of aliphatic hydroxyl groups is 2. The predicted octanol–water partition coefficient (Wildman–Crippen LogP) is -0.715. The number of primary amides is 1. The van der Waals surface area contributed by atoms with Crippen LogP contribution in [-0.2, 0) is 0 Å². The normalized spacial score (nSPS) is 34.2. The van der Waals surface area contributed by atoms with Crippen LogP contribution in [0.4, 0.5) is 0 Å². The van der Waals surface area contributed by atoms with Crippen molar-refractivity contribution in [3.63, 3.8) is 0 Å². The molecule has 1 aliphatic carbocycles. The van der Waals surface area contributed by atoms with E-state index in [0.717, 1.165) is 0 Å². The molecule has 0 bridgehead atoms. The first kappa shape index (κ1) is 11.1. The fourth-order valence-electron chi connectivity index (χ4n) is 2.17. The second-order valence-electron chi connectivity index (χ2n) is 4.33. The van der Waals surface area contributed by atoms with Gasteiger partial charge in [0.2, 0.25) is 0 Å². The highest BCUT2D eigenvalue weighted by Gasteiger charge is 2.39. The molecule has 1 amide bonds. The van der Waals surface area contributed by atoms with Crippen molar-refractivity contribution in [3.8, 4) is 0 Å². The minimum Gasteiger partial charge on any atom is -0.390 e. The fraction of sp³-hybridized carbons (Fsp3) is 0.600. The molecule has 1 fully saturated rings. The minimum absolute atomic E-state index is 0.0272. The molecule has 0 aromatic carbocycles. The molecule has 0 aliphatic heterocycles. The first-order valence-corrected chi connectivity index (χ1v) is 5.20. The smallest absolute Gasteiger partial charge is 0.268 e. The zero-order chi connectivity index (χ0) is 11.9. The van der Waals surface area contributed by atoms with Gasteiger partial charge in [0.15, 0.2) is 0 Å². The lowest BCUT2D eigenvalue weighted by atomic mass is 10.1. The summed E-state index contributed by atoms with van der Waals surface area (Å²) in [6.45, 7) is 1.87. The summed E-state index contributed by atoms with van der Waals surface area (Å²) in [5.41, 5.74) is 5.26. The minimum atomic E-state index is -0.829. The molecule has 0 spiro atoms. The summed E-state index contributed by atoms with van der Waals surface area (Å²) in [4.78, 5) is 14.7. The second-order valence-corrected chi connectivity index (χ2v) is 4.33. The first-order chi connectivity index (χ1) is 7.50. The zero-order valence-corrected chi connectivity index (χ0v) is 8.95. The highest BCUT2D eigenvalue weighted by molar-refractivity contribution is 5.90. The zero-order valence-electron chi connectivity index (χ0n) is 8.95. The molecule has 1 saturated carbocycles.